The van der Waals surface area contributed by atoms with Gasteiger partial charge in [0.05, 0.1) is 4.58 Å². The number of nitrogens with one attached hydrogen (secondary N) is 1. The van der Waals surface area contributed by atoms with Crippen LogP contribution in [0.1, 0.15) is 33.3 Å². The molecular formula is C17H21N3OS2. The highest BCUT2D eigenvalue weighted by Gasteiger charge is 2.16. The SMILES string of the molecule is O=C(NCCCn1cccn1)c1ccc(C2SCCCS2)cc1. The normalized spacial score (nSPS) is 15.5. The lowest BCUT2D eigenvalue weighted by atomic mass is 10.1. The van der Waals surface area contributed by atoms with Crippen molar-refractivity contribution in [3.05, 3.63) is 53.9 Å². The predicted octanol–water partition coefficient (Wildman–Crippen LogP) is 3.57. The van der Waals surface area contributed by atoms with Crippen LogP contribution in [0, 0.1) is 0 Å². The number of aryl methyl sites for hydroxylation is 1. The molecule has 1 aromatic heterocycles. The molecule has 6 heteroatoms. The zero-order valence-corrected chi connectivity index (χ0v) is 14.6. The molecule has 0 atom stereocenters. The molecule has 1 saturated heterocycles. The second kappa shape index (κ2) is 8.45. The predicted molar refractivity (Wildman–Crippen MR) is 97.9 cm³/mol. The lowest BCUT2D eigenvalue weighted by molar-refractivity contribution is 0.0952. The maximum atomic E-state index is 12.1. The van der Waals surface area contributed by atoms with Crippen LogP contribution in [0.4, 0.5) is 0 Å². The third kappa shape index (κ3) is 4.78. The van der Waals surface area contributed by atoms with Crippen LogP contribution in [0.3, 0.4) is 0 Å². The van der Waals surface area contributed by atoms with Gasteiger partial charge in [0.25, 0.3) is 5.91 Å². The first-order valence-corrected chi connectivity index (χ1v) is 10.0. The van der Waals surface area contributed by atoms with Gasteiger partial charge in [0.15, 0.2) is 0 Å². The van der Waals surface area contributed by atoms with E-state index in [2.05, 4.69) is 22.5 Å². The fourth-order valence-electron chi connectivity index (χ4n) is 2.45. The van der Waals surface area contributed by atoms with Crippen LogP contribution < -0.4 is 5.32 Å². The Hall–Kier alpha value is -1.40. The summed E-state index contributed by atoms with van der Waals surface area (Å²) in [4.78, 5) is 12.1. The minimum Gasteiger partial charge on any atom is -0.352 e. The van der Waals surface area contributed by atoms with Crippen molar-refractivity contribution in [1.29, 1.82) is 0 Å². The molecule has 0 radical (unpaired) electrons. The molecule has 3 rings (SSSR count). The third-order valence-electron chi connectivity index (χ3n) is 3.68. The topological polar surface area (TPSA) is 46.9 Å². The van der Waals surface area contributed by atoms with E-state index in [9.17, 15) is 4.79 Å². The van der Waals surface area contributed by atoms with E-state index in [1.165, 1.54) is 23.5 Å². The van der Waals surface area contributed by atoms with E-state index >= 15 is 0 Å². The first-order chi connectivity index (χ1) is 11.3. The van der Waals surface area contributed by atoms with Gasteiger partial charge in [0.2, 0.25) is 0 Å². The van der Waals surface area contributed by atoms with Crippen molar-refractivity contribution >= 4 is 29.4 Å². The Morgan fingerprint density at radius 2 is 2.04 bits per heavy atom. The van der Waals surface area contributed by atoms with Gasteiger partial charge in [0, 0.05) is 31.0 Å². The number of carbonyl (C=O) groups is 1. The quantitative estimate of drug-likeness (QED) is 0.812. The maximum Gasteiger partial charge on any atom is 0.251 e. The van der Waals surface area contributed by atoms with Gasteiger partial charge in [0.1, 0.15) is 0 Å². The highest BCUT2D eigenvalue weighted by Crippen LogP contribution is 2.43. The first kappa shape index (κ1) is 16.5. The van der Waals surface area contributed by atoms with Crippen molar-refractivity contribution in [2.45, 2.75) is 24.0 Å². The van der Waals surface area contributed by atoms with Gasteiger partial charge in [-0.3, -0.25) is 9.48 Å². The van der Waals surface area contributed by atoms with Crippen LogP contribution in [-0.2, 0) is 6.54 Å². The Balaban J connectivity index is 1.45. The molecule has 1 N–H and O–H groups in total. The van der Waals surface area contributed by atoms with Crippen LogP contribution in [-0.4, -0.2) is 33.7 Å². The van der Waals surface area contributed by atoms with Gasteiger partial charge < -0.3 is 5.32 Å². The molecule has 1 aliphatic heterocycles. The average Bonchev–Trinajstić information content (AvgIpc) is 3.13. The molecule has 1 aromatic carbocycles. The van der Waals surface area contributed by atoms with Gasteiger partial charge >= 0.3 is 0 Å². The van der Waals surface area contributed by atoms with E-state index in [0.717, 1.165) is 18.5 Å². The summed E-state index contributed by atoms with van der Waals surface area (Å²) >= 11 is 4.00. The Morgan fingerprint density at radius 1 is 1.26 bits per heavy atom. The number of carbonyl (C=O) groups excluding carboxylic acids is 1. The Bertz CT molecular complexity index is 607. The molecule has 0 unspecified atom stereocenters. The number of hydrogen-bond donors (Lipinski definition) is 1. The van der Waals surface area contributed by atoms with Crippen molar-refractivity contribution < 1.29 is 4.79 Å². The Kier molecular flexibility index (Phi) is 6.05. The summed E-state index contributed by atoms with van der Waals surface area (Å²) in [5.41, 5.74) is 2.05. The third-order valence-corrected chi connectivity index (χ3v) is 6.70. The van der Waals surface area contributed by atoms with Crippen molar-refractivity contribution in [2.24, 2.45) is 0 Å². The van der Waals surface area contributed by atoms with Crippen molar-refractivity contribution in [3.63, 3.8) is 0 Å². The zero-order chi connectivity index (χ0) is 15.9. The van der Waals surface area contributed by atoms with E-state index in [1.54, 1.807) is 6.20 Å². The molecule has 0 aliphatic carbocycles. The van der Waals surface area contributed by atoms with E-state index in [4.69, 9.17) is 0 Å². The number of aromatic nitrogens is 2. The molecule has 0 spiro atoms. The van der Waals surface area contributed by atoms with Crippen LogP contribution in [0.15, 0.2) is 42.7 Å². The van der Waals surface area contributed by atoms with Gasteiger partial charge in [-0.15, -0.1) is 23.5 Å². The average molecular weight is 348 g/mol. The molecule has 0 saturated carbocycles. The van der Waals surface area contributed by atoms with E-state index in [-0.39, 0.29) is 5.91 Å². The molecule has 2 heterocycles. The summed E-state index contributed by atoms with van der Waals surface area (Å²) in [6.45, 7) is 1.48. The van der Waals surface area contributed by atoms with Crippen LogP contribution in [0.25, 0.3) is 0 Å². The number of nitrogens with zero attached hydrogens (tertiary/aromatic N) is 2. The maximum absolute atomic E-state index is 12.1. The first-order valence-electron chi connectivity index (χ1n) is 7.92. The molecule has 122 valence electrons. The van der Waals surface area contributed by atoms with Crippen LogP contribution in [0.5, 0.6) is 0 Å². The number of amides is 1. The number of hydrogen-bond acceptors (Lipinski definition) is 4. The lowest BCUT2D eigenvalue weighted by Crippen LogP contribution is -2.25. The fourth-order valence-corrected chi connectivity index (χ4v) is 5.34. The summed E-state index contributed by atoms with van der Waals surface area (Å²) in [6, 6.07) is 9.97. The second-order valence-corrected chi connectivity index (χ2v) is 8.15. The fraction of sp³-hybridized carbons (Fsp3) is 0.412. The second-order valence-electron chi connectivity index (χ2n) is 5.43. The number of benzene rings is 1. The van der Waals surface area contributed by atoms with Gasteiger partial charge in [-0.2, -0.15) is 5.10 Å². The number of thioether (sulfide) groups is 2. The highest BCUT2D eigenvalue weighted by atomic mass is 32.2. The van der Waals surface area contributed by atoms with E-state index in [1.807, 2.05) is 52.6 Å². The molecular weight excluding hydrogens is 326 g/mol. The van der Waals surface area contributed by atoms with E-state index in [0.29, 0.717) is 11.1 Å². The van der Waals surface area contributed by atoms with Crippen molar-refractivity contribution in [2.75, 3.05) is 18.1 Å². The molecule has 23 heavy (non-hydrogen) atoms. The minimum atomic E-state index is 0.000894. The summed E-state index contributed by atoms with van der Waals surface area (Å²) in [5.74, 6) is 2.47. The zero-order valence-electron chi connectivity index (χ0n) is 13.0. The molecule has 2 aromatic rings. The summed E-state index contributed by atoms with van der Waals surface area (Å²) in [6.07, 6.45) is 5.87. The molecule has 0 bridgehead atoms. The standard InChI is InChI=1S/C17H21N3OS2/c21-16(18-8-1-10-20-11-2-9-19-20)14-4-6-15(7-5-14)17-22-12-3-13-23-17/h2,4-7,9,11,17H,1,3,8,10,12-13H2,(H,18,21). The minimum absolute atomic E-state index is 0.000894. The highest BCUT2D eigenvalue weighted by molar-refractivity contribution is 8.16. The van der Waals surface area contributed by atoms with Gasteiger partial charge in [-0.05, 0) is 48.1 Å². The molecule has 1 aliphatic rings. The van der Waals surface area contributed by atoms with Crippen LogP contribution in [0.2, 0.25) is 0 Å². The van der Waals surface area contributed by atoms with E-state index < -0.39 is 0 Å². The smallest absolute Gasteiger partial charge is 0.251 e. The Morgan fingerprint density at radius 3 is 2.74 bits per heavy atom. The lowest BCUT2D eigenvalue weighted by Gasteiger charge is -2.21. The number of rotatable bonds is 6. The van der Waals surface area contributed by atoms with Crippen LogP contribution >= 0.6 is 23.5 Å². The molecule has 1 fully saturated rings. The summed E-state index contributed by atoms with van der Waals surface area (Å²) < 4.78 is 2.40. The summed E-state index contributed by atoms with van der Waals surface area (Å²) in [7, 11) is 0. The molecule has 4 nitrogen and oxygen atoms in total. The van der Waals surface area contributed by atoms with Crippen molar-refractivity contribution in [3.8, 4) is 0 Å². The van der Waals surface area contributed by atoms with Crippen molar-refractivity contribution in [1.82, 2.24) is 15.1 Å². The largest absolute Gasteiger partial charge is 0.352 e. The molecule has 1 amide bonds. The van der Waals surface area contributed by atoms with Gasteiger partial charge in [-0.1, -0.05) is 12.1 Å². The Labute approximate surface area is 145 Å². The summed E-state index contributed by atoms with van der Waals surface area (Å²) in [5, 5.41) is 7.12. The monoisotopic (exact) mass is 347 g/mol. The van der Waals surface area contributed by atoms with Gasteiger partial charge in [-0.25, -0.2) is 0 Å².